The quantitative estimate of drug-likeness (QED) is 0.666. The summed E-state index contributed by atoms with van der Waals surface area (Å²) in [6.45, 7) is 3.76. The minimum Gasteiger partial charge on any atom is -0.403 e. The van der Waals surface area contributed by atoms with Crippen molar-refractivity contribution in [2.45, 2.75) is 33.1 Å². The third kappa shape index (κ3) is 3.03. The summed E-state index contributed by atoms with van der Waals surface area (Å²) in [5.41, 5.74) is 0.972. The summed E-state index contributed by atoms with van der Waals surface area (Å²) in [6, 6.07) is 1.15. The Morgan fingerprint density at radius 1 is 1.42 bits per heavy atom. The third-order valence-electron chi connectivity index (χ3n) is 3.61. The Kier molecular flexibility index (Phi) is 4.37. The standard InChI is InChI=1S/C16H16N4O4/c1-3-9-8-12(21)23-15-13(9)14(22)18-16(19-15)24-20-10(4-2)11-6-5-7-17-11/h5,7-8H,3-4,6H2,1-2H3,(H,18,19,22)/b20-10+. The van der Waals surface area contributed by atoms with Crippen molar-refractivity contribution in [1.29, 1.82) is 0 Å². The number of hydrogen-bond acceptors (Lipinski definition) is 7. The number of aliphatic imine (C=N–C) groups is 1. The molecule has 1 N–H and O–H groups in total. The van der Waals surface area contributed by atoms with Crippen molar-refractivity contribution in [2.24, 2.45) is 10.1 Å². The van der Waals surface area contributed by atoms with Crippen molar-refractivity contribution in [2.75, 3.05) is 0 Å². The van der Waals surface area contributed by atoms with Gasteiger partial charge in [0.2, 0.25) is 5.71 Å². The molecule has 0 atom stereocenters. The number of aromatic amines is 1. The Hall–Kier alpha value is -3.03. The first-order chi connectivity index (χ1) is 11.6. The molecule has 0 unspecified atom stereocenters. The van der Waals surface area contributed by atoms with Crippen LogP contribution in [0.1, 0.15) is 32.3 Å². The van der Waals surface area contributed by atoms with Gasteiger partial charge in [0.1, 0.15) is 11.1 Å². The van der Waals surface area contributed by atoms with E-state index in [0.29, 0.717) is 30.5 Å². The van der Waals surface area contributed by atoms with Crippen LogP contribution in [0.5, 0.6) is 6.01 Å². The van der Waals surface area contributed by atoms with Crippen molar-refractivity contribution in [1.82, 2.24) is 9.97 Å². The maximum absolute atomic E-state index is 12.2. The van der Waals surface area contributed by atoms with Crippen molar-refractivity contribution in [3.8, 4) is 6.01 Å². The number of aromatic nitrogens is 2. The summed E-state index contributed by atoms with van der Waals surface area (Å²) in [4.78, 5) is 39.8. The van der Waals surface area contributed by atoms with Gasteiger partial charge in [-0.25, -0.2) is 4.79 Å². The average Bonchev–Trinajstić information content (AvgIpc) is 3.08. The van der Waals surface area contributed by atoms with E-state index in [1.54, 1.807) is 6.20 Å². The zero-order valence-electron chi connectivity index (χ0n) is 13.3. The minimum absolute atomic E-state index is 0.0637. The van der Waals surface area contributed by atoms with Crippen LogP contribution in [0.15, 0.2) is 42.5 Å². The second kappa shape index (κ2) is 6.61. The van der Waals surface area contributed by atoms with E-state index < -0.39 is 11.2 Å². The molecule has 0 bridgehead atoms. The van der Waals surface area contributed by atoms with Crippen LogP contribution >= 0.6 is 0 Å². The third-order valence-corrected chi connectivity index (χ3v) is 3.61. The van der Waals surface area contributed by atoms with E-state index in [1.165, 1.54) is 6.07 Å². The number of hydrogen-bond donors (Lipinski definition) is 1. The highest BCUT2D eigenvalue weighted by Gasteiger charge is 2.14. The average molecular weight is 328 g/mol. The molecular weight excluding hydrogens is 312 g/mol. The van der Waals surface area contributed by atoms with Crippen LogP contribution in [0.4, 0.5) is 0 Å². The van der Waals surface area contributed by atoms with Gasteiger partial charge in [0.15, 0.2) is 0 Å². The predicted octanol–water partition coefficient (Wildman–Crippen LogP) is 1.94. The van der Waals surface area contributed by atoms with Crippen LogP contribution in [0.25, 0.3) is 11.1 Å². The number of nitrogens with one attached hydrogen (secondary N) is 1. The molecule has 3 heterocycles. The zero-order valence-corrected chi connectivity index (χ0v) is 13.3. The summed E-state index contributed by atoms with van der Waals surface area (Å²) in [5, 5.41) is 4.24. The van der Waals surface area contributed by atoms with E-state index in [-0.39, 0.29) is 17.1 Å². The Bertz CT molecular complexity index is 982. The molecule has 1 aliphatic heterocycles. The molecule has 2 aromatic heterocycles. The van der Waals surface area contributed by atoms with E-state index in [9.17, 15) is 9.59 Å². The van der Waals surface area contributed by atoms with E-state index >= 15 is 0 Å². The van der Waals surface area contributed by atoms with Gasteiger partial charge in [-0.1, -0.05) is 25.1 Å². The highest BCUT2D eigenvalue weighted by molar-refractivity contribution is 6.43. The molecular formula is C16H16N4O4. The second-order valence-electron chi connectivity index (χ2n) is 5.14. The topological polar surface area (TPSA) is 110 Å². The van der Waals surface area contributed by atoms with E-state index in [0.717, 1.165) is 5.71 Å². The Morgan fingerprint density at radius 2 is 2.25 bits per heavy atom. The fourth-order valence-electron chi connectivity index (χ4n) is 2.42. The SMILES string of the molecule is CC/C(=N\Oc1nc2oc(=O)cc(CC)c2c(=O)[nH]1)C1=NC=CC1. The molecule has 0 aliphatic carbocycles. The van der Waals surface area contributed by atoms with Gasteiger partial charge in [0.05, 0.1) is 5.71 Å². The lowest BCUT2D eigenvalue weighted by Crippen LogP contribution is -2.16. The second-order valence-corrected chi connectivity index (χ2v) is 5.14. The first-order valence-corrected chi connectivity index (χ1v) is 7.65. The molecule has 0 fully saturated rings. The molecule has 0 aromatic carbocycles. The number of oxime groups is 1. The van der Waals surface area contributed by atoms with E-state index in [4.69, 9.17) is 9.25 Å². The number of nitrogens with zero attached hydrogens (tertiary/aromatic N) is 3. The maximum atomic E-state index is 12.2. The van der Waals surface area contributed by atoms with Gasteiger partial charge in [-0.2, -0.15) is 4.98 Å². The first kappa shape index (κ1) is 15.9. The van der Waals surface area contributed by atoms with Gasteiger partial charge < -0.3 is 9.25 Å². The number of allylic oxidation sites excluding steroid dienone is 1. The van der Waals surface area contributed by atoms with Crippen molar-refractivity contribution in [3.05, 3.63) is 44.7 Å². The van der Waals surface area contributed by atoms with Gasteiger partial charge in [-0.15, -0.1) is 0 Å². The van der Waals surface area contributed by atoms with Crippen LogP contribution in [-0.2, 0) is 6.42 Å². The number of H-pyrrole nitrogens is 1. The minimum atomic E-state index is -0.562. The fraction of sp³-hybridized carbons (Fsp3) is 0.312. The van der Waals surface area contributed by atoms with Crippen LogP contribution < -0.4 is 16.0 Å². The summed E-state index contributed by atoms with van der Waals surface area (Å²) >= 11 is 0. The molecule has 8 nitrogen and oxygen atoms in total. The van der Waals surface area contributed by atoms with Crippen LogP contribution in [-0.4, -0.2) is 21.4 Å². The summed E-state index contributed by atoms with van der Waals surface area (Å²) in [7, 11) is 0. The van der Waals surface area contributed by atoms with E-state index in [2.05, 4.69) is 20.1 Å². The van der Waals surface area contributed by atoms with Gasteiger partial charge >= 0.3 is 11.6 Å². The van der Waals surface area contributed by atoms with E-state index in [1.807, 2.05) is 19.9 Å². The van der Waals surface area contributed by atoms with Gasteiger partial charge in [-0.05, 0) is 18.4 Å². The number of fused-ring (bicyclic) bond motifs is 1. The van der Waals surface area contributed by atoms with Gasteiger partial charge in [0.25, 0.3) is 5.56 Å². The smallest absolute Gasteiger partial charge is 0.337 e. The molecule has 0 spiro atoms. The predicted molar refractivity (Wildman–Crippen MR) is 89.8 cm³/mol. The normalized spacial score (nSPS) is 14.2. The molecule has 3 rings (SSSR count). The summed E-state index contributed by atoms with van der Waals surface area (Å²) < 4.78 is 5.01. The zero-order chi connectivity index (χ0) is 17.1. The summed E-state index contributed by atoms with van der Waals surface area (Å²) in [6.07, 6.45) is 5.44. The molecule has 0 amide bonds. The molecule has 2 aromatic rings. The first-order valence-electron chi connectivity index (χ1n) is 7.65. The molecule has 0 saturated carbocycles. The molecule has 8 heteroatoms. The lowest BCUT2D eigenvalue weighted by molar-refractivity contribution is 0.311. The fourth-order valence-corrected chi connectivity index (χ4v) is 2.42. The largest absolute Gasteiger partial charge is 0.403 e. The van der Waals surface area contributed by atoms with Crippen molar-refractivity contribution in [3.63, 3.8) is 0 Å². The van der Waals surface area contributed by atoms with Crippen molar-refractivity contribution < 1.29 is 9.25 Å². The number of aryl methyl sites for hydroxylation is 1. The van der Waals surface area contributed by atoms with Crippen molar-refractivity contribution >= 4 is 22.5 Å². The maximum Gasteiger partial charge on any atom is 0.337 e. The Labute approximate surface area is 136 Å². The highest BCUT2D eigenvalue weighted by atomic mass is 16.6. The lowest BCUT2D eigenvalue weighted by Gasteiger charge is -2.05. The molecule has 124 valence electrons. The summed E-state index contributed by atoms with van der Waals surface area (Å²) in [5.74, 6) is 0. The van der Waals surface area contributed by atoms with Crippen LogP contribution in [0, 0.1) is 0 Å². The molecule has 0 radical (unpaired) electrons. The Morgan fingerprint density at radius 3 is 2.92 bits per heavy atom. The lowest BCUT2D eigenvalue weighted by atomic mass is 10.1. The van der Waals surface area contributed by atoms with Gasteiger partial charge in [-0.3, -0.25) is 14.8 Å². The highest BCUT2D eigenvalue weighted by Crippen LogP contribution is 2.14. The number of rotatable bonds is 5. The Balaban J connectivity index is 1.99. The molecule has 1 aliphatic rings. The van der Waals surface area contributed by atoms with Crippen LogP contribution in [0.2, 0.25) is 0 Å². The molecule has 0 saturated heterocycles. The van der Waals surface area contributed by atoms with Crippen LogP contribution in [0.3, 0.4) is 0 Å². The molecule has 24 heavy (non-hydrogen) atoms. The van der Waals surface area contributed by atoms with Gasteiger partial charge in [0, 0.05) is 18.7 Å². The monoisotopic (exact) mass is 328 g/mol.